The number of carbonyl (C=O) groups excluding carboxylic acids is 1. The summed E-state index contributed by atoms with van der Waals surface area (Å²) in [5, 5.41) is 0. The lowest BCUT2D eigenvalue weighted by molar-refractivity contribution is 0.102. The summed E-state index contributed by atoms with van der Waals surface area (Å²) in [5.41, 5.74) is 1.62. The fraction of sp³-hybridized carbons (Fsp3) is 0.133. The van der Waals surface area contributed by atoms with Crippen LogP contribution in [0.5, 0.6) is 0 Å². The Morgan fingerprint density at radius 2 is 1.89 bits per heavy atom. The van der Waals surface area contributed by atoms with Crippen LogP contribution in [0.4, 0.5) is 4.39 Å². The van der Waals surface area contributed by atoms with Gasteiger partial charge in [0.05, 0.1) is 5.75 Å². The monoisotopic (exact) mass is 260 g/mol. The van der Waals surface area contributed by atoms with Crippen molar-refractivity contribution in [3.63, 3.8) is 0 Å². The van der Waals surface area contributed by atoms with Crippen molar-refractivity contribution in [2.75, 3.05) is 5.75 Å². The highest BCUT2D eigenvalue weighted by molar-refractivity contribution is 8.00. The minimum absolute atomic E-state index is 0.0555. The molecule has 0 heterocycles. The fourth-order valence-corrected chi connectivity index (χ4v) is 2.32. The minimum Gasteiger partial charge on any atom is -0.293 e. The molecule has 0 N–H and O–H groups in total. The zero-order valence-electron chi connectivity index (χ0n) is 10.0. The van der Waals surface area contributed by atoms with Crippen molar-refractivity contribution in [3.05, 3.63) is 65.5 Å². The van der Waals surface area contributed by atoms with Gasteiger partial charge < -0.3 is 0 Å². The van der Waals surface area contributed by atoms with Gasteiger partial charge in [0.25, 0.3) is 0 Å². The summed E-state index contributed by atoms with van der Waals surface area (Å²) < 4.78 is 13.0. The first kappa shape index (κ1) is 12.8. The van der Waals surface area contributed by atoms with Gasteiger partial charge in [0.1, 0.15) is 5.82 Å². The molecule has 2 rings (SSSR count). The van der Waals surface area contributed by atoms with E-state index >= 15 is 0 Å². The van der Waals surface area contributed by atoms with Crippen LogP contribution in [0.1, 0.15) is 15.9 Å². The molecule has 2 aromatic carbocycles. The molecule has 0 fully saturated rings. The van der Waals surface area contributed by atoms with Gasteiger partial charge in [-0.1, -0.05) is 29.8 Å². The maximum Gasteiger partial charge on any atom is 0.173 e. The summed E-state index contributed by atoms with van der Waals surface area (Å²) in [6.45, 7) is 2.02. The van der Waals surface area contributed by atoms with Gasteiger partial charge in [-0.15, -0.1) is 11.8 Å². The number of benzene rings is 2. The van der Waals surface area contributed by atoms with Crippen LogP contribution >= 0.6 is 11.8 Å². The molecule has 0 atom stereocenters. The normalized spacial score (nSPS) is 10.3. The maximum absolute atomic E-state index is 13.0. The van der Waals surface area contributed by atoms with Gasteiger partial charge >= 0.3 is 0 Å². The zero-order chi connectivity index (χ0) is 13.0. The molecule has 0 unspecified atom stereocenters. The summed E-state index contributed by atoms with van der Waals surface area (Å²) in [7, 11) is 0. The average molecular weight is 260 g/mol. The van der Waals surface area contributed by atoms with Gasteiger partial charge in [-0.05, 0) is 31.2 Å². The van der Waals surface area contributed by atoms with Gasteiger partial charge in [0.15, 0.2) is 5.78 Å². The Kier molecular flexibility index (Phi) is 4.15. The highest BCUT2D eigenvalue weighted by Gasteiger charge is 2.07. The minimum atomic E-state index is -0.374. The first-order valence-corrected chi connectivity index (χ1v) is 6.62. The second-order valence-corrected chi connectivity index (χ2v) is 5.08. The van der Waals surface area contributed by atoms with Crippen LogP contribution in [-0.2, 0) is 0 Å². The second kappa shape index (κ2) is 5.83. The van der Waals surface area contributed by atoms with E-state index < -0.39 is 0 Å². The van der Waals surface area contributed by atoms with Crippen molar-refractivity contribution in [2.45, 2.75) is 11.8 Å². The highest BCUT2D eigenvalue weighted by Crippen LogP contribution is 2.19. The molecule has 0 bridgehead atoms. The van der Waals surface area contributed by atoms with Crippen LogP contribution in [0.3, 0.4) is 0 Å². The number of thioether (sulfide) groups is 1. The number of halogens is 1. The van der Waals surface area contributed by atoms with Gasteiger partial charge in [-0.2, -0.15) is 0 Å². The molecule has 0 aromatic heterocycles. The summed E-state index contributed by atoms with van der Waals surface area (Å²) in [6.07, 6.45) is 0. The summed E-state index contributed by atoms with van der Waals surface area (Å²) in [5.74, 6) is -0.103. The van der Waals surface area contributed by atoms with E-state index in [4.69, 9.17) is 0 Å². The van der Waals surface area contributed by atoms with Crippen molar-refractivity contribution in [1.82, 2.24) is 0 Å². The van der Waals surface area contributed by atoms with E-state index in [0.29, 0.717) is 11.3 Å². The van der Waals surface area contributed by atoms with Gasteiger partial charge in [-0.3, -0.25) is 4.79 Å². The van der Waals surface area contributed by atoms with Crippen LogP contribution in [0.15, 0.2) is 53.4 Å². The number of hydrogen-bond acceptors (Lipinski definition) is 2. The van der Waals surface area contributed by atoms with Gasteiger partial charge in [0, 0.05) is 10.5 Å². The van der Waals surface area contributed by atoms with E-state index in [9.17, 15) is 9.18 Å². The molecular formula is C15H13FOS. The molecule has 0 aliphatic rings. The van der Waals surface area contributed by atoms with E-state index in [0.717, 1.165) is 4.90 Å². The Labute approximate surface area is 110 Å². The molecule has 0 saturated carbocycles. The SMILES string of the molecule is Cc1ccc(SCC(=O)c2cccc(F)c2)cc1. The van der Waals surface area contributed by atoms with E-state index in [1.54, 1.807) is 12.1 Å². The first-order valence-electron chi connectivity index (χ1n) is 5.63. The lowest BCUT2D eigenvalue weighted by atomic mass is 10.1. The Bertz CT molecular complexity index is 549. The predicted molar refractivity (Wildman–Crippen MR) is 72.6 cm³/mol. The van der Waals surface area contributed by atoms with E-state index in [1.807, 2.05) is 31.2 Å². The lowest BCUT2D eigenvalue weighted by Gasteiger charge is -2.02. The number of carbonyl (C=O) groups is 1. The number of hydrogen-bond donors (Lipinski definition) is 0. The molecule has 0 radical (unpaired) electrons. The molecule has 3 heteroatoms. The zero-order valence-corrected chi connectivity index (χ0v) is 10.8. The van der Waals surface area contributed by atoms with E-state index in [1.165, 1.54) is 29.5 Å². The Morgan fingerprint density at radius 1 is 1.17 bits per heavy atom. The summed E-state index contributed by atoms with van der Waals surface area (Å²) >= 11 is 1.47. The van der Waals surface area contributed by atoms with Crippen molar-refractivity contribution in [1.29, 1.82) is 0 Å². The molecule has 0 amide bonds. The predicted octanol–water partition coefficient (Wildman–Crippen LogP) is 4.11. The Morgan fingerprint density at radius 3 is 2.56 bits per heavy atom. The lowest BCUT2D eigenvalue weighted by Crippen LogP contribution is -2.02. The third kappa shape index (κ3) is 3.44. The van der Waals surface area contributed by atoms with Crippen molar-refractivity contribution >= 4 is 17.5 Å². The third-order valence-electron chi connectivity index (χ3n) is 2.54. The van der Waals surface area contributed by atoms with E-state index in [2.05, 4.69) is 0 Å². The molecule has 18 heavy (non-hydrogen) atoms. The molecule has 2 aromatic rings. The Hall–Kier alpha value is -1.61. The second-order valence-electron chi connectivity index (χ2n) is 4.04. The van der Waals surface area contributed by atoms with Crippen molar-refractivity contribution in [2.24, 2.45) is 0 Å². The van der Waals surface area contributed by atoms with E-state index in [-0.39, 0.29) is 11.6 Å². The average Bonchev–Trinajstić information content (AvgIpc) is 2.38. The van der Waals surface area contributed by atoms with Crippen LogP contribution in [-0.4, -0.2) is 11.5 Å². The summed E-state index contributed by atoms with van der Waals surface area (Å²) in [4.78, 5) is 12.9. The van der Waals surface area contributed by atoms with Gasteiger partial charge in [0.2, 0.25) is 0 Å². The standard InChI is InChI=1S/C15H13FOS/c1-11-5-7-14(8-6-11)18-10-15(17)12-3-2-4-13(16)9-12/h2-9H,10H2,1H3. The molecule has 1 nitrogen and oxygen atoms in total. The number of rotatable bonds is 4. The number of Topliss-reactive ketones (excluding diaryl/α,β-unsaturated/α-hetero) is 1. The Balaban J connectivity index is 1.98. The first-order chi connectivity index (χ1) is 8.65. The molecule has 0 spiro atoms. The number of aryl methyl sites for hydroxylation is 1. The topological polar surface area (TPSA) is 17.1 Å². The van der Waals surface area contributed by atoms with Crippen molar-refractivity contribution < 1.29 is 9.18 Å². The third-order valence-corrected chi connectivity index (χ3v) is 3.55. The molecule has 0 aliphatic heterocycles. The largest absolute Gasteiger partial charge is 0.293 e. The number of ketones is 1. The van der Waals surface area contributed by atoms with Crippen LogP contribution < -0.4 is 0 Å². The molecule has 0 saturated heterocycles. The molecule has 0 aliphatic carbocycles. The molecule has 92 valence electrons. The van der Waals surface area contributed by atoms with Crippen LogP contribution in [0.25, 0.3) is 0 Å². The highest BCUT2D eigenvalue weighted by atomic mass is 32.2. The van der Waals surface area contributed by atoms with Crippen molar-refractivity contribution in [3.8, 4) is 0 Å². The summed E-state index contributed by atoms with van der Waals surface area (Å²) in [6, 6.07) is 13.8. The van der Waals surface area contributed by atoms with Crippen LogP contribution in [0.2, 0.25) is 0 Å². The quantitative estimate of drug-likeness (QED) is 0.608. The fourth-order valence-electron chi connectivity index (χ4n) is 1.53. The maximum atomic E-state index is 13.0. The molecular weight excluding hydrogens is 247 g/mol. The smallest absolute Gasteiger partial charge is 0.173 e. The van der Waals surface area contributed by atoms with Crippen LogP contribution in [0, 0.1) is 12.7 Å². The van der Waals surface area contributed by atoms with Gasteiger partial charge in [-0.25, -0.2) is 4.39 Å².